The molecule has 18 heavy (non-hydrogen) atoms. The van der Waals surface area contributed by atoms with Crippen molar-refractivity contribution in [3.05, 3.63) is 27.4 Å². The predicted molar refractivity (Wildman–Crippen MR) is 63.5 cm³/mol. The molecule has 1 fully saturated rings. The molecule has 0 amide bonds. The summed E-state index contributed by atoms with van der Waals surface area (Å²) in [4.78, 5) is 14.1. The predicted octanol–water partition coefficient (Wildman–Crippen LogP) is -1.09. The first-order chi connectivity index (χ1) is 8.39. The summed E-state index contributed by atoms with van der Waals surface area (Å²) >= 11 is 4.79. The number of aliphatic hydroxyl groups is 3. The number of aromatic amines is 1. The molecule has 2 heterocycles. The van der Waals surface area contributed by atoms with Gasteiger partial charge in [0.15, 0.2) is 6.23 Å². The summed E-state index contributed by atoms with van der Waals surface area (Å²) in [7, 11) is 0. The van der Waals surface area contributed by atoms with Crippen LogP contribution in [0.4, 0.5) is 0 Å². The van der Waals surface area contributed by atoms with Crippen molar-refractivity contribution in [2.75, 3.05) is 6.61 Å². The van der Waals surface area contributed by atoms with Gasteiger partial charge in [0.25, 0.3) is 0 Å². The highest BCUT2D eigenvalue weighted by atomic mass is 32.1. The van der Waals surface area contributed by atoms with E-state index in [-0.39, 0.29) is 4.64 Å². The standard InChI is InChI=1S/C10H14N2O5S/c1-10(4-13)7(15)6(14)8(17-10)12-3-2-5(18)11-9(12)16/h2-3,6-8,13-15H,4H2,1H3,(H,11,16,18)/t6-,7?,8+,10+/m0/s1. The van der Waals surface area contributed by atoms with Crippen LogP contribution in [0.1, 0.15) is 13.2 Å². The molecule has 1 unspecified atom stereocenters. The molecule has 1 aliphatic rings. The molecule has 1 aromatic heterocycles. The first-order valence-corrected chi connectivity index (χ1v) is 5.76. The van der Waals surface area contributed by atoms with Crippen LogP contribution in [-0.4, -0.2) is 49.3 Å². The summed E-state index contributed by atoms with van der Waals surface area (Å²) in [5.41, 5.74) is -1.86. The molecule has 0 radical (unpaired) electrons. The van der Waals surface area contributed by atoms with Crippen molar-refractivity contribution in [2.45, 2.75) is 31.0 Å². The van der Waals surface area contributed by atoms with Gasteiger partial charge < -0.3 is 20.1 Å². The van der Waals surface area contributed by atoms with Crippen LogP contribution in [0.5, 0.6) is 0 Å². The van der Waals surface area contributed by atoms with E-state index in [4.69, 9.17) is 17.0 Å². The fourth-order valence-corrected chi connectivity index (χ4v) is 2.06. The van der Waals surface area contributed by atoms with E-state index in [2.05, 4.69) is 4.98 Å². The highest BCUT2D eigenvalue weighted by molar-refractivity contribution is 7.71. The van der Waals surface area contributed by atoms with Crippen molar-refractivity contribution < 1.29 is 20.1 Å². The maximum absolute atomic E-state index is 11.7. The van der Waals surface area contributed by atoms with Crippen LogP contribution < -0.4 is 5.69 Å². The molecule has 100 valence electrons. The average molecular weight is 274 g/mol. The van der Waals surface area contributed by atoms with E-state index in [0.29, 0.717) is 0 Å². The van der Waals surface area contributed by atoms with Crippen molar-refractivity contribution in [2.24, 2.45) is 0 Å². The normalized spacial score (nSPS) is 35.9. The summed E-state index contributed by atoms with van der Waals surface area (Å²) in [5.74, 6) is 0. The number of H-pyrrole nitrogens is 1. The van der Waals surface area contributed by atoms with E-state index in [1.165, 1.54) is 19.2 Å². The Kier molecular flexibility index (Phi) is 3.39. The van der Waals surface area contributed by atoms with E-state index in [1.807, 2.05) is 0 Å². The summed E-state index contributed by atoms with van der Waals surface area (Å²) < 4.78 is 6.73. The topological polar surface area (TPSA) is 108 Å². The average Bonchev–Trinajstić information content (AvgIpc) is 2.55. The molecule has 0 spiro atoms. The Bertz CT molecular complexity index is 556. The Morgan fingerprint density at radius 3 is 2.78 bits per heavy atom. The van der Waals surface area contributed by atoms with Gasteiger partial charge in [-0.15, -0.1) is 0 Å². The number of aromatic nitrogens is 2. The zero-order valence-electron chi connectivity index (χ0n) is 9.61. The summed E-state index contributed by atoms with van der Waals surface area (Å²) in [6, 6.07) is 1.47. The molecule has 0 saturated carbocycles. The maximum Gasteiger partial charge on any atom is 0.328 e. The van der Waals surface area contributed by atoms with Crippen molar-refractivity contribution in [3.8, 4) is 0 Å². The van der Waals surface area contributed by atoms with Crippen LogP contribution in [0, 0.1) is 4.64 Å². The minimum atomic E-state index is -1.32. The molecule has 0 bridgehead atoms. The lowest BCUT2D eigenvalue weighted by atomic mass is 9.99. The lowest BCUT2D eigenvalue weighted by Crippen LogP contribution is -2.43. The van der Waals surface area contributed by atoms with Crippen LogP contribution >= 0.6 is 12.2 Å². The van der Waals surface area contributed by atoms with Crippen molar-refractivity contribution in [3.63, 3.8) is 0 Å². The van der Waals surface area contributed by atoms with Crippen LogP contribution in [-0.2, 0) is 4.74 Å². The zero-order valence-corrected chi connectivity index (χ0v) is 10.4. The molecule has 2 rings (SSSR count). The van der Waals surface area contributed by atoms with Crippen LogP contribution in [0.25, 0.3) is 0 Å². The maximum atomic E-state index is 11.7. The van der Waals surface area contributed by atoms with E-state index >= 15 is 0 Å². The Labute approximate surface area is 107 Å². The second kappa shape index (κ2) is 4.56. The zero-order chi connectivity index (χ0) is 13.5. The number of ether oxygens (including phenoxy) is 1. The molecule has 1 aliphatic heterocycles. The fraction of sp³-hybridized carbons (Fsp3) is 0.600. The summed E-state index contributed by atoms with van der Waals surface area (Å²) in [6.07, 6.45) is -2.31. The Balaban J connectivity index is 2.41. The number of nitrogens with zero attached hydrogens (tertiary/aromatic N) is 1. The van der Waals surface area contributed by atoms with Gasteiger partial charge in [0.1, 0.15) is 22.4 Å². The van der Waals surface area contributed by atoms with Gasteiger partial charge in [0.05, 0.1) is 6.61 Å². The van der Waals surface area contributed by atoms with E-state index in [1.54, 1.807) is 0 Å². The third kappa shape index (κ3) is 2.02. The minimum Gasteiger partial charge on any atom is -0.393 e. The van der Waals surface area contributed by atoms with Gasteiger partial charge in [-0.25, -0.2) is 4.79 Å². The second-order valence-electron chi connectivity index (χ2n) is 4.43. The summed E-state index contributed by atoms with van der Waals surface area (Å²) in [5, 5.41) is 28.9. The number of hydrogen-bond acceptors (Lipinski definition) is 6. The van der Waals surface area contributed by atoms with Gasteiger partial charge in [-0.1, -0.05) is 12.2 Å². The van der Waals surface area contributed by atoms with Crippen LogP contribution in [0.2, 0.25) is 0 Å². The first kappa shape index (κ1) is 13.4. The Morgan fingerprint density at radius 1 is 1.61 bits per heavy atom. The SMILES string of the molecule is C[C@]1(CO)O[C@@H](n2ccc(=S)[nH]c2=O)[C@@H](O)C1O. The lowest BCUT2D eigenvalue weighted by Gasteiger charge is -2.24. The first-order valence-electron chi connectivity index (χ1n) is 5.35. The monoisotopic (exact) mass is 274 g/mol. The number of rotatable bonds is 2. The smallest absolute Gasteiger partial charge is 0.328 e. The molecular weight excluding hydrogens is 260 g/mol. The largest absolute Gasteiger partial charge is 0.393 e. The van der Waals surface area contributed by atoms with Gasteiger partial charge in [0, 0.05) is 6.20 Å². The molecule has 1 aromatic rings. The van der Waals surface area contributed by atoms with E-state index in [9.17, 15) is 20.1 Å². The number of nitrogens with one attached hydrogen (secondary N) is 1. The second-order valence-corrected chi connectivity index (χ2v) is 4.87. The molecule has 7 nitrogen and oxygen atoms in total. The van der Waals surface area contributed by atoms with Gasteiger partial charge in [-0.05, 0) is 13.0 Å². The number of aliphatic hydroxyl groups excluding tert-OH is 3. The van der Waals surface area contributed by atoms with Gasteiger partial charge in [-0.3, -0.25) is 9.55 Å². The van der Waals surface area contributed by atoms with E-state index in [0.717, 1.165) is 4.57 Å². The molecule has 0 aliphatic carbocycles. The molecule has 0 aromatic carbocycles. The van der Waals surface area contributed by atoms with Gasteiger partial charge in [0.2, 0.25) is 0 Å². The molecular formula is C10H14N2O5S. The third-order valence-corrected chi connectivity index (χ3v) is 3.31. The third-order valence-electron chi connectivity index (χ3n) is 3.07. The van der Waals surface area contributed by atoms with Crippen molar-refractivity contribution in [1.82, 2.24) is 9.55 Å². The van der Waals surface area contributed by atoms with Crippen molar-refractivity contribution in [1.29, 1.82) is 0 Å². The Morgan fingerprint density at radius 2 is 2.28 bits per heavy atom. The van der Waals surface area contributed by atoms with Crippen molar-refractivity contribution >= 4 is 12.2 Å². The molecule has 4 N–H and O–H groups in total. The van der Waals surface area contributed by atoms with Crippen LogP contribution in [0.3, 0.4) is 0 Å². The minimum absolute atomic E-state index is 0.259. The highest BCUT2D eigenvalue weighted by Gasteiger charge is 2.51. The highest BCUT2D eigenvalue weighted by Crippen LogP contribution is 2.35. The Hall–Kier alpha value is -1.06. The van der Waals surface area contributed by atoms with Gasteiger partial charge in [-0.2, -0.15) is 0 Å². The van der Waals surface area contributed by atoms with Gasteiger partial charge >= 0.3 is 5.69 Å². The molecule has 1 saturated heterocycles. The quantitative estimate of drug-likeness (QED) is 0.510. The number of hydrogen-bond donors (Lipinski definition) is 4. The lowest BCUT2D eigenvalue weighted by molar-refractivity contribution is -0.117. The molecule has 4 atom stereocenters. The fourth-order valence-electron chi connectivity index (χ4n) is 1.91. The van der Waals surface area contributed by atoms with E-state index < -0.39 is 36.3 Å². The molecule has 8 heteroatoms. The van der Waals surface area contributed by atoms with Crippen LogP contribution in [0.15, 0.2) is 17.1 Å². The summed E-state index contributed by atoms with van der Waals surface area (Å²) in [6.45, 7) is 0.983.